The number of nitrogens with zero attached hydrogens (tertiary/aromatic N) is 1. The average molecular weight is 492 g/mol. The number of nitrogens with one attached hydrogen (secondary N) is 1. The van der Waals surface area contributed by atoms with Crippen LogP contribution in [0.1, 0.15) is 25.3 Å². The highest BCUT2D eigenvalue weighted by molar-refractivity contribution is 7.89. The van der Waals surface area contributed by atoms with Gasteiger partial charge in [-0.2, -0.15) is 17.5 Å². The number of rotatable bonds is 6. The molecule has 0 aromatic heterocycles. The molecule has 1 N–H and O–H groups in total. The molecule has 0 bridgehead atoms. The zero-order valence-corrected chi connectivity index (χ0v) is 18.3. The Kier molecular flexibility index (Phi) is 7.27. The molecule has 12 heteroatoms. The van der Waals surface area contributed by atoms with Gasteiger partial charge in [0, 0.05) is 19.0 Å². The van der Waals surface area contributed by atoms with Crippen LogP contribution >= 0.6 is 0 Å². The van der Waals surface area contributed by atoms with Crippen molar-refractivity contribution >= 4 is 21.6 Å². The molecule has 6 nitrogen and oxygen atoms in total. The van der Waals surface area contributed by atoms with Crippen molar-refractivity contribution in [1.82, 2.24) is 4.31 Å². The lowest BCUT2D eigenvalue weighted by Gasteiger charge is -2.30. The topological polar surface area (TPSA) is 75.7 Å². The molecule has 0 spiro atoms. The highest BCUT2D eigenvalue weighted by Gasteiger charge is 2.34. The molecule has 1 saturated heterocycles. The van der Waals surface area contributed by atoms with Crippen molar-refractivity contribution in [1.29, 1.82) is 0 Å². The number of alkyl halides is 3. The maximum atomic E-state index is 13.4. The summed E-state index contributed by atoms with van der Waals surface area (Å²) in [6.07, 6.45) is -4.42. The summed E-state index contributed by atoms with van der Waals surface area (Å²) >= 11 is 0. The zero-order chi connectivity index (χ0) is 24.4. The summed E-state index contributed by atoms with van der Waals surface area (Å²) in [7, 11) is -4.10. The molecule has 0 saturated carbocycles. The Labute approximate surface area is 187 Å². The Morgan fingerprint density at radius 2 is 1.76 bits per heavy atom. The van der Waals surface area contributed by atoms with Gasteiger partial charge in [-0.05, 0) is 56.2 Å². The molecule has 0 radical (unpaired) electrons. The van der Waals surface area contributed by atoms with Crippen molar-refractivity contribution in [2.75, 3.05) is 25.0 Å². The first-order chi connectivity index (χ1) is 15.4. The molecule has 3 rings (SSSR count). The molecule has 0 unspecified atom stereocenters. The van der Waals surface area contributed by atoms with Crippen LogP contribution in [0.2, 0.25) is 0 Å². The minimum Gasteiger partial charge on any atom is -0.492 e. The van der Waals surface area contributed by atoms with Gasteiger partial charge >= 0.3 is 6.18 Å². The molecule has 1 heterocycles. The van der Waals surface area contributed by atoms with Crippen molar-refractivity contribution in [3.05, 3.63) is 53.6 Å². The predicted octanol–water partition coefficient (Wildman–Crippen LogP) is 4.42. The number of benzene rings is 2. The molecule has 1 aliphatic rings. The van der Waals surface area contributed by atoms with Crippen LogP contribution in [0, 0.1) is 17.6 Å². The van der Waals surface area contributed by atoms with E-state index in [2.05, 4.69) is 5.32 Å². The number of ether oxygens (including phenoxy) is 1. The number of anilines is 1. The van der Waals surface area contributed by atoms with Crippen LogP contribution in [0.4, 0.5) is 27.6 Å². The van der Waals surface area contributed by atoms with Crippen LogP contribution in [-0.4, -0.2) is 38.3 Å². The second-order valence-corrected chi connectivity index (χ2v) is 9.32. The van der Waals surface area contributed by atoms with Gasteiger partial charge in [-0.15, -0.1) is 0 Å². The highest BCUT2D eigenvalue weighted by Crippen LogP contribution is 2.36. The molecule has 2 aromatic rings. The molecular formula is C21H21F5N2O4S. The predicted molar refractivity (Wildman–Crippen MR) is 109 cm³/mol. The minimum absolute atomic E-state index is 0.0691. The van der Waals surface area contributed by atoms with Gasteiger partial charge in [0.25, 0.3) is 0 Å². The summed E-state index contributed by atoms with van der Waals surface area (Å²) in [6, 6.07) is 5.02. The summed E-state index contributed by atoms with van der Waals surface area (Å²) in [4.78, 5) is 12.3. The number of sulfonamides is 1. The first-order valence-electron chi connectivity index (χ1n) is 10.0. The second-order valence-electron chi connectivity index (χ2n) is 7.39. The fourth-order valence-corrected chi connectivity index (χ4v) is 4.95. The van der Waals surface area contributed by atoms with Crippen LogP contribution in [0.5, 0.6) is 5.75 Å². The van der Waals surface area contributed by atoms with Gasteiger partial charge in [0.1, 0.15) is 5.75 Å². The summed E-state index contributed by atoms with van der Waals surface area (Å²) in [5, 5.41) is 2.45. The lowest BCUT2D eigenvalue weighted by molar-refractivity contribution is -0.137. The smallest absolute Gasteiger partial charge is 0.416 e. The number of halogens is 5. The highest BCUT2D eigenvalue weighted by atomic mass is 32.2. The van der Waals surface area contributed by atoms with Crippen LogP contribution in [0.3, 0.4) is 0 Å². The molecule has 1 aliphatic heterocycles. The standard InChI is InChI=1S/C21H21F5N2O4S/c1-2-32-19-6-3-14(21(24,25)26)11-18(19)27-20(29)13-7-9-28(10-8-13)33(30,31)15-4-5-16(22)17(23)12-15/h3-6,11-13H,2,7-10H2,1H3,(H,27,29). The Hall–Kier alpha value is -2.73. The molecule has 33 heavy (non-hydrogen) atoms. The Bertz CT molecular complexity index is 1130. The first kappa shape index (κ1) is 24.9. The number of hydrogen-bond donors (Lipinski definition) is 1. The third-order valence-electron chi connectivity index (χ3n) is 5.22. The van der Waals surface area contributed by atoms with E-state index in [1.54, 1.807) is 6.92 Å². The fraction of sp³-hybridized carbons (Fsp3) is 0.381. The SMILES string of the molecule is CCOc1ccc(C(F)(F)F)cc1NC(=O)C1CCN(S(=O)(=O)c2ccc(F)c(F)c2)CC1. The minimum atomic E-state index is -4.61. The van der Waals surface area contributed by atoms with Gasteiger partial charge in [0.2, 0.25) is 15.9 Å². The van der Waals surface area contributed by atoms with Gasteiger partial charge < -0.3 is 10.1 Å². The molecule has 1 fully saturated rings. The number of piperidine rings is 1. The Morgan fingerprint density at radius 1 is 1.09 bits per heavy atom. The summed E-state index contributed by atoms with van der Waals surface area (Å²) in [6.45, 7) is 1.68. The molecule has 2 aromatic carbocycles. The van der Waals surface area contributed by atoms with Crippen LogP contribution in [0.25, 0.3) is 0 Å². The molecule has 180 valence electrons. The van der Waals surface area contributed by atoms with Crippen molar-refractivity contribution in [2.24, 2.45) is 5.92 Å². The molecule has 0 aliphatic carbocycles. The van der Waals surface area contributed by atoms with Crippen molar-refractivity contribution < 1.29 is 39.9 Å². The van der Waals surface area contributed by atoms with Crippen LogP contribution in [-0.2, 0) is 21.0 Å². The fourth-order valence-electron chi connectivity index (χ4n) is 3.46. The molecule has 0 atom stereocenters. The first-order valence-corrected chi connectivity index (χ1v) is 11.5. The summed E-state index contributed by atoms with van der Waals surface area (Å²) < 4.78 is 97.5. The van der Waals surface area contributed by atoms with Gasteiger partial charge in [-0.25, -0.2) is 17.2 Å². The largest absolute Gasteiger partial charge is 0.492 e. The molecular weight excluding hydrogens is 471 g/mol. The third kappa shape index (κ3) is 5.61. The number of amides is 1. The summed E-state index contributed by atoms with van der Waals surface area (Å²) in [5.41, 5.74) is -1.08. The van der Waals surface area contributed by atoms with Crippen molar-refractivity contribution in [3.63, 3.8) is 0 Å². The summed E-state index contributed by atoms with van der Waals surface area (Å²) in [5.74, 6) is -3.62. The maximum absolute atomic E-state index is 13.4. The van der Waals surface area contributed by atoms with E-state index in [-0.39, 0.29) is 44.0 Å². The van der Waals surface area contributed by atoms with Crippen molar-refractivity contribution in [2.45, 2.75) is 30.8 Å². The van der Waals surface area contributed by atoms with E-state index in [9.17, 15) is 35.2 Å². The van der Waals surface area contributed by atoms with Gasteiger partial charge in [-0.1, -0.05) is 0 Å². The maximum Gasteiger partial charge on any atom is 0.416 e. The quantitative estimate of drug-likeness (QED) is 0.606. The van der Waals surface area contributed by atoms with E-state index < -0.39 is 50.1 Å². The van der Waals surface area contributed by atoms with E-state index >= 15 is 0 Å². The van der Waals surface area contributed by atoms with Crippen molar-refractivity contribution in [3.8, 4) is 5.75 Å². The monoisotopic (exact) mass is 492 g/mol. The normalized spacial score (nSPS) is 15.9. The van der Waals surface area contributed by atoms with Crippen LogP contribution in [0.15, 0.2) is 41.3 Å². The number of hydrogen-bond acceptors (Lipinski definition) is 4. The molecule has 1 amide bonds. The van der Waals surface area contributed by atoms with E-state index in [0.717, 1.165) is 28.6 Å². The van der Waals surface area contributed by atoms with E-state index in [1.165, 1.54) is 0 Å². The lowest BCUT2D eigenvalue weighted by atomic mass is 9.97. The average Bonchev–Trinajstić information content (AvgIpc) is 2.76. The van der Waals surface area contributed by atoms with Crippen LogP contribution < -0.4 is 10.1 Å². The number of carbonyl (C=O) groups is 1. The number of carbonyl (C=O) groups excluding carboxylic acids is 1. The van der Waals surface area contributed by atoms with Gasteiger partial charge in [0.15, 0.2) is 11.6 Å². The van der Waals surface area contributed by atoms with E-state index in [0.29, 0.717) is 12.1 Å². The lowest BCUT2D eigenvalue weighted by Crippen LogP contribution is -2.41. The Balaban J connectivity index is 1.70. The van der Waals surface area contributed by atoms with E-state index in [4.69, 9.17) is 4.74 Å². The zero-order valence-electron chi connectivity index (χ0n) is 17.5. The second kappa shape index (κ2) is 9.64. The Morgan fingerprint density at radius 3 is 2.33 bits per heavy atom. The van der Waals surface area contributed by atoms with Gasteiger partial charge in [-0.3, -0.25) is 4.79 Å². The third-order valence-corrected chi connectivity index (χ3v) is 7.11. The van der Waals surface area contributed by atoms with Gasteiger partial charge in [0.05, 0.1) is 22.8 Å². The van der Waals surface area contributed by atoms with E-state index in [1.807, 2.05) is 0 Å².